The monoisotopic (exact) mass is 757 g/mol. The van der Waals surface area contributed by atoms with Gasteiger partial charge in [-0.05, 0) is 59.8 Å². The quantitative estimate of drug-likeness (QED) is 0.0787. The van der Waals surface area contributed by atoms with Gasteiger partial charge >= 0.3 is 0 Å². The van der Waals surface area contributed by atoms with Crippen molar-refractivity contribution in [3.8, 4) is 5.75 Å². The molecule has 0 unspecified atom stereocenters. The number of nitrogens with zero attached hydrogens (tertiary/aromatic N) is 5. The van der Waals surface area contributed by atoms with E-state index in [-0.39, 0.29) is 29.3 Å². The Morgan fingerprint density at radius 2 is 1.41 bits per heavy atom. The number of aryl methyl sites for hydroxylation is 1. The number of hydrogen-bond donors (Lipinski definition) is 6. The Hall–Kier alpha value is -4.97. The van der Waals surface area contributed by atoms with Gasteiger partial charge in [0.05, 0.1) is 10.6 Å². The smallest absolute Gasteiger partial charge is 0.297 e. The molecule has 23 heteroatoms. The molecule has 0 fully saturated rings. The number of anilines is 4. The molecule has 0 spiro atoms. The van der Waals surface area contributed by atoms with E-state index in [9.17, 15) is 48.2 Å². The predicted octanol–water partition coefficient (Wildman–Crippen LogP) is 5.61. The summed E-state index contributed by atoms with van der Waals surface area (Å²) in [6, 6.07) is 9.36. The van der Waals surface area contributed by atoms with Crippen LogP contribution in [0.2, 0.25) is 5.28 Å². The van der Waals surface area contributed by atoms with Crippen molar-refractivity contribution in [3.63, 3.8) is 0 Å². The zero-order valence-corrected chi connectivity index (χ0v) is 27.2. The summed E-state index contributed by atoms with van der Waals surface area (Å²) in [5.41, 5.74) is -1.14. The highest BCUT2D eigenvalue weighted by molar-refractivity contribution is 7.86. The lowest BCUT2D eigenvalue weighted by atomic mass is 10.1. The Balaban J connectivity index is 1.71. The number of rotatable bonds is 9. The van der Waals surface area contributed by atoms with Gasteiger partial charge in [0.25, 0.3) is 30.4 Å². The van der Waals surface area contributed by atoms with E-state index in [2.05, 4.69) is 35.8 Å². The molecule has 1 heterocycles. The first-order chi connectivity index (χ1) is 22.7. The van der Waals surface area contributed by atoms with E-state index in [4.69, 9.17) is 16.2 Å². The van der Waals surface area contributed by atoms with Gasteiger partial charge in [-0.25, -0.2) is 8.78 Å². The molecule has 0 bridgehead atoms. The van der Waals surface area contributed by atoms with Crippen molar-refractivity contribution in [2.45, 2.75) is 21.6 Å². The second kappa shape index (κ2) is 12.8. The van der Waals surface area contributed by atoms with Gasteiger partial charge in [0, 0.05) is 23.2 Å². The summed E-state index contributed by atoms with van der Waals surface area (Å²) in [5, 5.41) is 22.2. The summed E-state index contributed by atoms with van der Waals surface area (Å²) in [6.45, 7) is 1.83. The van der Waals surface area contributed by atoms with Crippen LogP contribution in [0.3, 0.4) is 0 Å². The van der Waals surface area contributed by atoms with Crippen LogP contribution in [-0.4, -0.2) is 59.0 Å². The maximum absolute atomic E-state index is 14.6. The molecule has 5 aromatic rings. The van der Waals surface area contributed by atoms with Crippen molar-refractivity contribution in [1.82, 2.24) is 15.0 Å². The average molecular weight is 758 g/mol. The fraction of sp³-hybridized carbons (Fsp3) is 0.0385. The second-order valence-electron chi connectivity index (χ2n) is 9.87. The molecule has 0 aliphatic heterocycles. The fourth-order valence-corrected chi connectivity index (χ4v) is 6.25. The van der Waals surface area contributed by atoms with Gasteiger partial charge in [-0.15, -0.1) is 10.2 Å². The van der Waals surface area contributed by atoms with Gasteiger partial charge in [-0.2, -0.15) is 40.2 Å². The first-order valence-electron chi connectivity index (χ1n) is 12.9. The van der Waals surface area contributed by atoms with Crippen LogP contribution in [0.5, 0.6) is 5.75 Å². The molecular formula is C26H18ClF2N7O10S3. The first-order valence-corrected chi connectivity index (χ1v) is 17.6. The Labute approximate surface area is 279 Å². The molecule has 0 atom stereocenters. The van der Waals surface area contributed by atoms with E-state index in [0.29, 0.717) is 11.8 Å². The van der Waals surface area contributed by atoms with Crippen molar-refractivity contribution >= 4 is 87.4 Å². The summed E-state index contributed by atoms with van der Waals surface area (Å²) in [7, 11) is -15.6. The van der Waals surface area contributed by atoms with Crippen LogP contribution < -0.4 is 10.6 Å². The van der Waals surface area contributed by atoms with Crippen LogP contribution in [0.1, 0.15) is 5.56 Å². The zero-order chi connectivity index (χ0) is 36.1. The van der Waals surface area contributed by atoms with Gasteiger partial charge in [0.1, 0.15) is 27.0 Å². The molecule has 49 heavy (non-hydrogen) atoms. The summed E-state index contributed by atoms with van der Waals surface area (Å²) < 4.78 is 129. The molecule has 256 valence electrons. The number of aromatic nitrogens is 3. The molecule has 4 aromatic carbocycles. The summed E-state index contributed by atoms with van der Waals surface area (Å²) in [5.74, 6) is -4.86. The third-order valence-electron chi connectivity index (χ3n) is 6.37. The van der Waals surface area contributed by atoms with Crippen LogP contribution in [0.15, 0.2) is 79.5 Å². The molecule has 0 aliphatic rings. The Morgan fingerprint density at radius 1 is 0.755 bits per heavy atom. The molecule has 5 rings (SSSR count). The van der Waals surface area contributed by atoms with Gasteiger partial charge in [0.15, 0.2) is 11.6 Å². The minimum absolute atomic E-state index is 0.0593. The third-order valence-corrected chi connectivity index (χ3v) is 9.10. The minimum Gasteiger partial charge on any atom is -0.505 e. The predicted molar refractivity (Wildman–Crippen MR) is 168 cm³/mol. The molecule has 1 aromatic heterocycles. The average Bonchev–Trinajstić information content (AvgIpc) is 2.96. The van der Waals surface area contributed by atoms with Crippen LogP contribution >= 0.6 is 11.6 Å². The highest BCUT2D eigenvalue weighted by atomic mass is 35.5. The molecule has 0 amide bonds. The topological polar surface area (TPSA) is 271 Å². The maximum atomic E-state index is 14.6. The molecule has 0 radical (unpaired) electrons. The summed E-state index contributed by atoms with van der Waals surface area (Å²) in [4.78, 5) is 8.49. The number of benzene rings is 4. The van der Waals surface area contributed by atoms with E-state index < -0.39 is 90.3 Å². The number of fused-ring (bicyclic) bond motifs is 1. The van der Waals surface area contributed by atoms with Gasteiger partial charge in [0.2, 0.25) is 17.2 Å². The molecule has 0 saturated carbocycles. The van der Waals surface area contributed by atoms with E-state index in [1.54, 1.807) is 18.2 Å². The highest BCUT2D eigenvalue weighted by Crippen LogP contribution is 2.46. The van der Waals surface area contributed by atoms with Crippen LogP contribution in [0.4, 0.5) is 43.4 Å². The number of aromatic hydroxyl groups is 1. The molecule has 17 nitrogen and oxygen atoms in total. The molecule has 0 saturated heterocycles. The van der Waals surface area contributed by atoms with E-state index in [0.717, 1.165) is 17.7 Å². The lowest BCUT2D eigenvalue weighted by Crippen LogP contribution is -2.06. The molecule has 6 N–H and O–H groups in total. The largest absolute Gasteiger partial charge is 0.505 e. The lowest BCUT2D eigenvalue weighted by molar-refractivity contribution is 0.469. The standard InChI is InChI=1S/C26H18ClF2N7O10S3/c1-11-3-2-4-13(5-11)30-25-32-24(27)33-26(34-25)31-18-8-14(47(38,39)40)6-12-7-20(49(44,45)46)22(23(37)21(12)18)36-35-17-9-16(29)19(10-15(17)28)48(41,42)43/h2-10,37H,1H3,(H,38,39,40)(H,41,42,43)(H,44,45,46)(H2,30,31,32,33,34). The van der Waals surface area contributed by atoms with Crippen LogP contribution in [0, 0.1) is 18.6 Å². The van der Waals surface area contributed by atoms with Crippen LogP contribution in [-0.2, 0) is 30.4 Å². The molecular weight excluding hydrogens is 740 g/mol. The summed E-state index contributed by atoms with van der Waals surface area (Å²) >= 11 is 6.07. The van der Waals surface area contributed by atoms with Crippen molar-refractivity contribution in [2.75, 3.05) is 10.6 Å². The van der Waals surface area contributed by atoms with E-state index in [1.807, 2.05) is 13.0 Å². The Morgan fingerprint density at radius 3 is 2.02 bits per heavy atom. The number of nitrogens with one attached hydrogen (secondary N) is 2. The van der Waals surface area contributed by atoms with Gasteiger partial charge < -0.3 is 15.7 Å². The zero-order valence-electron chi connectivity index (χ0n) is 24.0. The number of azo groups is 1. The van der Waals surface area contributed by atoms with Crippen molar-refractivity contribution in [1.29, 1.82) is 0 Å². The maximum Gasteiger partial charge on any atom is 0.297 e. The first kappa shape index (κ1) is 35.3. The Kier molecular flexibility index (Phi) is 9.24. The number of phenolic OH excluding ortho intramolecular Hbond substituents is 1. The number of halogens is 3. The SMILES string of the molecule is Cc1cccc(Nc2nc(Cl)nc(Nc3cc(S(=O)(=O)O)cc4cc(S(=O)(=O)O)c(N=Nc5cc(F)c(S(=O)(=O)O)cc5F)c(O)c34)n2)c1. The number of hydrogen-bond acceptors (Lipinski definition) is 14. The van der Waals surface area contributed by atoms with Crippen molar-refractivity contribution in [3.05, 3.63) is 77.1 Å². The lowest BCUT2D eigenvalue weighted by Gasteiger charge is -2.15. The van der Waals surface area contributed by atoms with E-state index in [1.165, 1.54) is 0 Å². The van der Waals surface area contributed by atoms with Gasteiger partial charge in [-0.3, -0.25) is 13.7 Å². The van der Waals surface area contributed by atoms with Gasteiger partial charge in [-0.1, -0.05) is 12.1 Å². The second-order valence-corrected chi connectivity index (χ2v) is 14.4. The normalized spacial score (nSPS) is 12.5. The Bertz CT molecular complexity index is 2560. The molecule has 0 aliphatic carbocycles. The van der Waals surface area contributed by atoms with Crippen molar-refractivity contribution in [2.24, 2.45) is 10.2 Å². The van der Waals surface area contributed by atoms with Crippen molar-refractivity contribution < 1.29 is 52.8 Å². The number of phenols is 1. The minimum atomic E-state index is -5.35. The summed E-state index contributed by atoms with van der Waals surface area (Å²) in [6.07, 6.45) is 0. The fourth-order valence-electron chi connectivity index (χ4n) is 4.33. The third kappa shape index (κ3) is 7.86. The highest BCUT2D eigenvalue weighted by Gasteiger charge is 2.26. The van der Waals surface area contributed by atoms with Crippen LogP contribution in [0.25, 0.3) is 10.8 Å². The van der Waals surface area contributed by atoms with E-state index >= 15 is 0 Å².